The molecule has 0 spiro atoms. The van der Waals surface area contributed by atoms with Gasteiger partial charge in [0.25, 0.3) is 13.9 Å². The smallest absolute Gasteiger partial charge is 0.278 e. The molecule has 0 radical (unpaired) electrons. The van der Waals surface area contributed by atoms with Gasteiger partial charge in [0, 0.05) is 10.5 Å². The molecule has 4 rings (SSSR count). The molecule has 1 saturated heterocycles. The second kappa shape index (κ2) is 7.26. The number of aromatic nitrogens is 4. The molecule has 0 saturated carbocycles. The first kappa shape index (κ1) is 18.5. The number of alkyl halides is 1. The molecule has 2 aliphatic heterocycles. The first-order valence-electron chi connectivity index (χ1n) is 8.04. The van der Waals surface area contributed by atoms with Gasteiger partial charge in [0.2, 0.25) is 17.1 Å². The van der Waals surface area contributed by atoms with E-state index in [0.717, 1.165) is 4.88 Å². The Hall–Kier alpha value is -1.89. The number of thiophene rings is 1. The Morgan fingerprint density at radius 2 is 2.37 bits per heavy atom. The van der Waals surface area contributed by atoms with Gasteiger partial charge < -0.3 is 9.87 Å². The fourth-order valence-corrected chi connectivity index (χ4v) is 5.86. The summed E-state index contributed by atoms with van der Waals surface area (Å²) in [4.78, 5) is 27.3. The molecular weight excluding hydrogens is 411 g/mol. The summed E-state index contributed by atoms with van der Waals surface area (Å²) >= 11 is 6.08. The standard InChI is InChI=1S/C14H14BClN6O3S2/c15-22-19-12(18-20-22)11-7(5-16)6-27(25)14-10(13(24)21(11)14)17-9(23)4-8-2-1-3-26-8/h1-3,10,14H,4-6,15H2,(H,17,23)/t10-,14-,27?/m1/s1. The Kier molecular flexibility index (Phi) is 4.97. The van der Waals surface area contributed by atoms with E-state index in [1.165, 1.54) is 20.9 Å². The lowest BCUT2D eigenvalue weighted by Crippen LogP contribution is -2.74. The number of hydrogen-bond acceptors (Lipinski definition) is 7. The minimum Gasteiger partial charge on any atom is -0.614 e. The second-order valence-electron chi connectivity index (χ2n) is 6.11. The summed E-state index contributed by atoms with van der Waals surface area (Å²) in [6, 6.07) is 2.88. The molecule has 9 nitrogen and oxygen atoms in total. The SMILES string of the molecule is Bn1nnc(C2=C(CCl)C[S+]([O-])[C@@H]3[C@H](NC(=O)Cc4cccs4)C(=O)N23)n1. The predicted octanol–water partition coefficient (Wildman–Crippen LogP) is -1.26. The average molecular weight is 425 g/mol. The van der Waals surface area contributed by atoms with E-state index >= 15 is 0 Å². The van der Waals surface area contributed by atoms with Crippen LogP contribution < -0.4 is 5.32 Å². The molecule has 1 fully saturated rings. The predicted molar refractivity (Wildman–Crippen MR) is 103 cm³/mol. The third kappa shape index (κ3) is 3.26. The van der Waals surface area contributed by atoms with Gasteiger partial charge in [0.1, 0.15) is 11.4 Å². The van der Waals surface area contributed by atoms with Crippen molar-refractivity contribution in [2.45, 2.75) is 17.8 Å². The van der Waals surface area contributed by atoms with E-state index in [4.69, 9.17) is 11.6 Å². The van der Waals surface area contributed by atoms with Crippen LogP contribution in [0.2, 0.25) is 0 Å². The number of fused-ring (bicyclic) bond motifs is 1. The number of halogens is 1. The topological polar surface area (TPSA) is 116 Å². The number of carbonyl (C=O) groups excluding carboxylic acids is 2. The number of tetrazole rings is 1. The van der Waals surface area contributed by atoms with E-state index in [1.54, 1.807) is 7.98 Å². The zero-order chi connectivity index (χ0) is 19.1. The highest BCUT2D eigenvalue weighted by molar-refractivity contribution is 7.92. The van der Waals surface area contributed by atoms with E-state index < -0.39 is 22.6 Å². The van der Waals surface area contributed by atoms with Crippen molar-refractivity contribution < 1.29 is 14.1 Å². The first-order valence-corrected chi connectivity index (χ1v) is 10.8. The second-order valence-corrected chi connectivity index (χ2v) is 8.95. The fourth-order valence-electron chi connectivity index (χ4n) is 3.14. The lowest BCUT2D eigenvalue weighted by Gasteiger charge is -2.49. The summed E-state index contributed by atoms with van der Waals surface area (Å²) < 4.78 is 14.0. The minimum absolute atomic E-state index is 0.102. The van der Waals surface area contributed by atoms with Crippen LogP contribution in [-0.4, -0.2) is 72.4 Å². The number of nitrogens with one attached hydrogen (secondary N) is 1. The van der Waals surface area contributed by atoms with E-state index in [2.05, 4.69) is 20.7 Å². The summed E-state index contributed by atoms with van der Waals surface area (Å²) in [6.07, 6.45) is 0.183. The van der Waals surface area contributed by atoms with Gasteiger partial charge >= 0.3 is 0 Å². The maximum absolute atomic E-state index is 12.8. The molecular formula is C14H14BClN6O3S2. The summed E-state index contributed by atoms with van der Waals surface area (Å²) in [5.41, 5.74) is 1.06. The van der Waals surface area contributed by atoms with Crippen molar-refractivity contribution in [3.8, 4) is 0 Å². The van der Waals surface area contributed by atoms with Crippen molar-refractivity contribution in [3.63, 3.8) is 0 Å². The van der Waals surface area contributed by atoms with Gasteiger partial charge in [-0.1, -0.05) is 11.3 Å². The highest BCUT2D eigenvalue weighted by Crippen LogP contribution is 2.40. The van der Waals surface area contributed by atoms with E-state index in [9.17, 15) is 14.1 Å². The van der Waals surface area contributed by atoms with Gasteiger partial charge in [0.05, 0.1) is 12.3 Å². The highest BCUT2D eigenvalue weighted by Gasteiger charge is 2.60. The Balaban J connectivity index is 1.56. The van der Waals surface area contributed by atoms with Gasteiger partial charge in [0.15, 0.2) is 6.04 Å². The molecule has 2 aromatic heterocycles. The summed E-state index contributed by atoms with van der Waals surface area (Å²) in [5, 5.41) is 15.8. The molecule has 0 aliphatic carbocycles. The Morgan fingerprint density at radius 3 is 3.00 bits per heavy atom. The van der Waals surface area contributed by atoms with Crippen LogP contribution >= 0.6 is 22.9 Å². The molecule has 140 valence electrons. The summed E-state index contributed by atoms with van der Waals surface area (Å²) in [7, 11) is 1.61. The molecule has 3 atom stereocenters. The van der Waals surface area contributed by atoms with Crippen LogP contribution in [0.5, 0.6) is 0 Å². The van der Waals surface area contributed by atoms with Crippen LogP contribution in [-0.2, 0) is 27.2 Å². The van der Waals surface area contributed by atoms with Crippen LogP contribution in [0.4, 0.5) is 0 Å². The third-order valence-corrected chi connectivity index (χ3v) is 7.17. The largest absolute Gasteiger partial charge is 0.614 e. The zero-order valence-corrected chi connectivity index (χ0v) is 16.6. The van der Waals surface area contributed by atoms with E-state index in [1.807, 2.05) is 17.5 Å². The zero-order valence-electron chi connectivity index (χ0n) is 14.2. The molecule has 2 aliphatic rings. The molecule has 0 aromatic carbocycles. The minimum atomic E-state index is -1.38. The Labute approximate surface area is 167 Å². The van der Waals surface area contributed by atoms with Crippen molar-refractivity contribution in [2.75, 3.05) is 11.6 Å². The summed E-state index contributed by atoms with van der Waals surface area (Å²) in [5.74, 6) is -0.0726. The molecule has 4 heterocycles. The van der Waals surface area contributed by atoms with Crippen LogP contribution in [0, 0.1) is 0 Å². The number of β-lactam (4-membered cyclic amide) rings is 1. The van der Waals surface area contributed by atoms with Crippen molar-refractivity contribution in [3.05, 3.63) is 33.8 Å². The normalized spacial score (nSPS) is 24.6. The third-order valence-electron chi connectivity index (χ3n) is 4.32. The maximum atomic E-state index is 12.8. The van der Waals surface area contributed by atoms with Crippen molar-refractivity contribution in [2.24, 2.45) is 0 Å². The van der Waals surface area contributed by atoms with Crippen LogP contribution in [0.15, 0.2) is 23.1 Å². The number of hydrogen-bond donors (Lipinski definition) is 1. The average Bonchev–Trinajstić information content (AvgIpc) is 3.30. The number of rotatable bonds is 5. The quantitative estimate of drug-likeness (QED) is 0.277. The maximum Gasteiger partial charge on any atom is 0.278 e. The van der Waals surface area contributed by atoms with Gasteiger partial charge in [-0.05, 0) is 22.6 Å². The molecule has 1 N–H and O–H groups in total. The van der Waals surface area contributed by atoms with Crippen LogP contribution in [0.3, 0.4) is 0 Å². The van der Waals surface area contributed by atoms with Crippen LogP contribution in [0.1, 0.15) is 10.7 Å². The first-order chi connectivity index (χ1) is 13.0. The van der Waals surface area contributed by atoms with Gasteiger partial charge in [-0.2, -0.15) is 0 Å². The number of amides is 2. The molecule has 27 heavy (non-hydrogen) atoms. The van der Waals surface area contributed by atoms with E-state index in [-0.39, 0.29) is 35.7 Å². The molecule has 13 heteroatoms. The summed E-state index contributed by atoms with van der Waals surface area (Å²) in [6.45, 7) is 0. The lowest BCUT2D eigenvalue weighted by molar-refractivity contribution is -0.144. The Morgan fingerprint density at radius 1 is 1.56 bits per heavy atom. The van der Waals surface area contributed by atoms with E-state index in [0.29, 0.717) is 11.3 Å². The lowest BCUT2D eigenvalue weighted by atomic mass is 10.0. The molecule has 1 unspecified atom stereocenters. The Bertz CT molecular complexity index is 920. The highest BCUT2D eigenvalue weighted by atomic mass is 35.5. The molecule has 0 bridgehead atoms. The van der Waals surface area contributed by atoms with Gasteiger partial charge in [-0.15, -0.1) is 33.1 Å². The van der Waals surface area contributed by atoms with Gasteiger partial charge in [-0.25, -0.2) is 4.71 Å². The molecule has 2 aromatic rings. The number of nitrogens with zero attached hydrogens (tertiary/aromatic N) is 5. The number of carbonyl (C=O) groups is 2. The van der Waals surface area contributed by atoms with Gasteiger partial charge in [-0.3, -0.25) is 14.5 Å². The van der Waals surface area contributed by atoms with Crippen molar-refractivity contribution in [1.29, 1.82) is 0 Å². The monoisotopic (exact) mass is 424 g/mol. The fraction of sp³-hybridized carbons (Fsp3) is 0.357. The van der Waals surface area contributed by atoms with Crippen molar-refractivity contribution in [1.82, 2.24) is 30.3 Å². The molecule has 2 amide bonds. The van der Waals surface area contributed by atoms with Crippen molar-refractivity contribution >= 4 is 59.6 Å². The van der Waals surface area contributed by atoms with Crippen LogP contribution in [0.25, 0.3) is 5.70 Å².